The van der Waals surface area contributed by atoms with Gasteiger partial charge in [-0.05, 0) is 32.2 Å². The fraction of sp³-hybridized carbons (Fsp3) is 0.933. The summed E-state index contributed by atoms with van der Waals surface area (Å²) in [6.45, 7) is 3.08. The summed E-state index contributed by atoms with van der Waals surface area (Å²) in [4.78, 5) is 10.3. The number of hydrogen-bond donors (Lipinski definition) is 3. The summed E-state index contributed by atoms with van der Waals surface area (Å²) in [5.41, 5.74) is 0. The molecular weight excluding hydrogens is 242 g/mol. The van der Waals surface area contributed by atoms with E-state index in [-0.39, 0.29) is 6.42 Å². The molecule has 0 aliphatic rings. The zero-order valence-corrected chi connectivity index (χ0v) is 12.4. The Morgan fingerprint density at radius 2 is 1.63 bits per heavy atom. The largest absolute Gasteiger partial charge is 0.481 e. The number of hydrogen-bond acceptors (Lipinski definition) is 3. The van der Waals surface area contributed by atoms with Crippen LogP contribution in [0.3, 0.4) is 0 Å². The van der Waals surface area contributed by atoms with Crippen molar-refractivity contribution in [2.24, 2.45) is 0 Å². The van der Waals surface area contributed by atoms with E-state index in [1.54, 1.807) is 0 Å². The van der Waals surface area contributed by atoms with Crippen molar-refractivity contribution in [1.29, 1.82) is 0 Å². The Labute approximate surface area is 117 Å². The lowest BCUT2D eigenvalue weighted by molar-refractivity contribution is -0.137. The minimum absolute atomic E-state index is 0.199. The van der Waals surface area contributed by atoms with Crippen molar-refractivity contribution in [2.75, 3.05) is 6.54 Å². The molecule has 0 amide bonds. The zero-order valence-electron chi connectivity index (χ0n) is 12.4. The first kappa shape index (κ1) is 18.4. The van der Waals surface area contributed by atoms with Crippen molar-refractivity contribution >= 4 is 5.97 Å². The van der Waals surface area contributed by atoms with E-state index in [1.165, 1.54) is 38.5 Å². The van der Waals surface area contributed by atoms with Gasteiger partial charge in [0.1, 0.15) is 6.23 Å². The van der Waals surface area contributed by atoms with E-state index in [2.05, 4.69) is 12.2 Å². The molecule has 0 saturated heterocycles. The molecule has 19 heavy (non-hydrogen) atoms. The van der Waals surface area contributed by atoms with Crippen molar-refractivity contribution in [3.05, 3.63) is 0 Å². The van der Waals surface area contributed by atoms with E-state index < -0.39 is 12.2 Å². The zero-order chi connectivity index (χ0) is 14.3. The molecule has 0 heterocycles. The van der Waals surface area contributed by atoms with Gasteiger partial charge in [-0.3, -0.25) is 10.1 Å². The molecule has 0 bridgehead atoms. The number of aliphatic carboxylic acids is 1. The van der Waals surface area contributed by atoms with Crippen molar-refractivity contribution in [3.63, 3.8) is 0 Å². The van der Waals surface area contributed by atoms with Gasteiger partial charge in [-0.15, -0.1) is 0 Å². The molecule has 0 radical (unpaired) electrons. The number of carboxylic acid groups (broad SMARTS) is 1. The smallest absolute Gasteiger partial charge is 0.303 e. The molecule has 0 aliphatic carbocycles. The van der Waals surface area contributed by atoms with Gasteiger partial charge in [-0.2, -0.15) is 0 Å². The van der Waals surface area contributed by atoms with Crippen LogP contribution >= 0.6 is 0 Å². The topological polar surface area (TPSA) is 69.6 Å². The van der Waals surface area contributed by atoms with Crippen molar-refractivity contribution < 1.29 is 15.0 Å². The van der Waals surface area contributed by atoms with E-state index >= 15 is 0 Å². The average Bonchev–Trinajstić information content (AvgIpc) is 2.37. The molecule has 0 aliphatic heterocycles. The summed E-state index contributed by atoms with van der Waals surface area (Å²) >= 11 is 0. The van der Waals surface area contributed by atoms with E-state index in [4.69, 9.17) is 5.11 Å². The lowest BCUT2D eigenvalue weighted by Crippen LogP contribution is -2.29. The molecule has 4 nitrogen and oxygen atoms in total. The van der Waals surface area contributed by atoms with Crippen molar-refractivity contribution in [2.45, 2.75) is 83.8 Å². The number of nitrogens with one attached hydrogen (secondary N) is 1. The van der Waals surface area contributed by atoms with Gasteiger partial charge in [0.25, 0.3) is 0 Å². The molecule has 114 valence electrons. The van der Waals surface area contributed by atoms with Crippen LogP contribution < -0.4 is 5.32 Å². The molecule has 0 rings (SSSR count). The predicted octanol–water partition coefficient (Wildman–Crippen LogP) is 3.29. The molecule has 1 unspecified atom stereocenters. The third-order valence-corrected chi connectivity index (χ3v) is 3.28. The van der Waals surface area contributed by atoms with E-state index in [0.29, 0.717) is 12.8 Å². The first-order valence-corrected chi connectivity index (χ1v) is 7.80. The normalized spacial score (nSPS) is 12.5. The lowest BCUT2D eigenvalue weighted by Gasteiger charge is -2.12. The molecular formula is C15H31NO3. The molecule has 0 aromatic rings. The van der Waals surface area contributed by atoms with Crippen LogP contribution in [0.1, 0.15) is 77.6 Å². The first-order valence-electron chi connectivity index (χ1n) is 7.80. The van der Waals surface area contributed by atoms with Crippen molar-refractivity contribution in [3.8, 4) is 0 Å². The van der Waals surface area contributed by atoms with E-state index in [1.807, 2.05) is 0 Å². The van der Waals surface area contributed by atoms with Crippen LogP contribution in [0.25, 0.3) is 0 Å². The van der Waals surface area contributed by atoms with Gasteiger partial charge in [-0.1, -0.05) is 45.4 Å². The highest BCUT2D eigenvalue weighted by Gasteiger charge is 2.03. The maximum Gasteiger partial charge on any atom is 0.303 e. The number of aliphatic hydroxyl groups excluding tert-OH is 1. The summed E-state index contributed by atoms with van der Waals surface area (Å²) in [5.74, 6) is -0.759. The van der Waals surface area contributed by atoms with Crippen LogP contribution in [0.15, 0.2) is 0 Å². The van der Waals surface area contributed by atoms with Gasteiger partial charge in [0.2, 0.25) is 0 Å². The molecule has 0 spiro atoms. The van der Waals surface area contributed by atoms with Crippen LogP contribution in [0.5, 0.6) is 0 Å². The maximum absolute atomic E-state index is 10.3. The number of carboxylic acids is 1. The summed E-state index contributed by atoms with van der Waals surface area (Å²) in [7, 11) is 0. The van der Waals surface area contributed by atoms with Gasteiger partial charge in [-0.25, -0.2) is 0 Å². The highest BCUT2D eigenvalue weighted by atomic mass is 16.4. The molecule has 0 saturated carbocycles. The molecule has 0 aromatic heterocycles. The highest BCUT2D eigenvalue weighted by Crippen LogP contribution is 2.07. The fourth-order valence-corrected chi connectivity index (χ4v) is 2.07. The third-order valence-electron chi connectivity index (χ3n) is 3.28. The molecule has 4 heteroatoms. The summed E-state index contributed by atoms with van der Waals surface area (Å²) in [5, 5.41) is 21.2. The molecule has 0 aromatic carbocycles. The van der Waals surface area contributed by atoms with Gasteiger partial charge in [0.15, 0.2) is 0 Å². The number of carbonyl (C=O) groups is 1. The average molecular weight is 273 g/mol. The van der Waals surface area contributed by atoms with Crippen LogP contribution in [0.2, 0.25) is 0 Å². The predicted molar refractivity (Wildman–Crippen MR) is 78.1 cm³/mol. The summed E-state index contributed by atoms with van der Waals surface area (Å²) in [6.07, 6.45) is 10.7. The SMILES string of the molecule is CCCCCCCCCNC(O)CCCCC(=O)O. The number of rotatable bonds is 14. The number of aliphatic hydroxyl groups is 1. The second-order valence-corrected chi connectivity index (χ2v) is 5.23. The minimum atomic E-state index is -0.759. The number of unbranched alkanes of at least 4 members (excludes halogenated alkanes) is 7. The summed E-state index contributed by atoms with van der Waals surface area (Å²) in [6, 6.07) is 0. The maximum atomic E-state index is 10.3. The molecule has 1 atom stereocenters. The Kier molecular flexibility index (Phi) is 13.4. The second-order valence-electron chi connectivity index (χ2n) is 5.23. The van der Waals surface area contributed by atoms with Gasteiger partial charge < -0.3 is 10.2 Å². The van der Waals surface area contributed by atoms with Crippen LogP contribution in [0, 0.1) is 0 Å². The Morgan fingerprint density at radius 1 is 1.00 bits per heavy atom. The van der Waals surface area contributed by atoms with E-state index in [0.717, 1.165) is 19.4 Å². The highest BCUT2D eigenvalue weighted by molar-refractivity contribution is 5.66. The first-order chi connectivity index (χ1) is 9.16. The van der Waals surface area contributed by atoms with Gasteiger partial charge >= 0.3 is 5.97 Å². The Hall–Kier alpha value is -0.610. The van der Waals surface area contributed by atoms with Crippen LogP contribution in [0.4, 0.5) is 0 Å². The molecule has 3 N–H and O–H groups in total. The summed E-state index contributed by atoms with van der Waals surface area (Å²) < 4.78 is 0. The second kappa shape index (κ2) is 13.8. The Balaban J connectivity index is 3.15. The standard InChI is InChI=1S/C15H31NO3/c1-2-3-4-5-6-7-10-13-16-14(17)11-8-9-12-15(18)19/h14,16-17H,2-13H2,1H3,(H,18,19). The third kappa shape index (κ3) is 15.3. The quantitative estimate of drug-likeness (QED) is 0.335. The van der Waals surface area contributed by atoms with E-state index in [9.17, 15) is 9.90 Å². The monoisotopic (exact) mass is 273 g/mol. The van der Waals surface area contributed by atoms with Gasteiger partial charge in [0, 0.05) is 6.42 Å². The minimum Gasteiger partial charge on any atom is -0.481 e. The Morgan fingerprint density at radius 3 is 2.26 bits per heavy atom. The van der Waals surface area contributed by atoms with Gasteiger partial charge in [0.05, 0.1) is 0 Å². The van der Waals surface area contributed by atoms with Crippen LogP contribution in [-0.2, 0) is 4.79 Å². The van der Waals surface area contributed by atoms with Crippen LogP contribution in [-0.4, -0.2) is 29.0 Å². The fourth-order valence-electron chi connectivity index (χ4n) is 2.07. The Bertz CT molecular complexity index is 210. The van der Waals surface area contributed by atoms with Crippen molar-refractivity contribution in [1.82, 2.24) is 5.32 Å². The molecule has 0 fully saturated rings. The lowest BCUT2D eigenvalue weighted by atomic mass is 10.1.